The van der Waals surface area contributed by atoms with Crippen LogP contribution in [0.1, 0.15) is 32.8 Å². The second kappa shape index (κ2) is 12.8. The SMILES string of the molecule is CCC(C(=O)NCC(C)C)N(CCc1ccccc1)C(=O)CN(c1ccccc1Cl)S(C)(=O)=O. The number of nitrogens with zero attached hydrogens (tertiary/aromatic N) is 2. The standard InChI is InChI=1S/C25H34ClN3O4S/c1-5-22(25(31)27-17-19(2)3)28(16-15-20-11-7-6-8-12-20)24(30)18-29(34(4,32)33)23-14-10-9-13-21(23)26/h6-14,19,22H,5,15-18H2,1-4H3,(H,27,31). The summed E-state index contributed by atoms with van der Waals surface area (Å²) < 4.78 is 26.2. The van der Waals surface area contributed by atoms with Crippen LogP contribution in [0.25, 0.3) is 0 Å². The van der Waals surface area contributed by atoms with E-state index in [2.05, 4.69) is 5.32 Å². The summed E-state index contributed by atoms with van der Waals surface area (Å²) in [5, 5.41) is 3.13. The number of benzene rings is 2. The number of hydrogen-bond acceptors (Lipinski definition) is 4. The lowest BCUT2D eigenvalue weighted by atomic mass is 10.1. The smallest absolute Gasteiger partial charge is 0.244 e. The summed E-state index contributed by atoms with van der Waals surface area (Å²) in [7, 11) is -3.81. The Balaban J connectivity index is 2.35. The first-order chi connectivity index (χ1) is 16.0. The maximum atomic E-state index is 13.5. The molecule has 0 heterocycles. The normalized spacial score (nSPS) is 12.3. The monoisotopic (exact) mass is 507 g/mol. The van der Waals surface area contributed by atoms with Crippen LogP contribution >= 0.6 is 11.6 Å². The molecule has 1 unspecified atom stereocenters. The summed E-state index contributed by atoms with van der Waals surface area (Å²) in [5.41, 5.74) is 1.24. The summed E-state index contributed by atoms with van der Waals surface area (Å²) >= 11 is 6.25. The first-order valence-corrected chi connectivity index (χ1v) is 13.6. The van der Waals surface area contributed by atoms with Crippen LogP contribution in [0.3, 0.4) is 0 Å². The number of sulfonamides is 1. The number of carbonyl (C=O) groups is 2. The molecule has 2 rings (SSSR count). The van der Waals surface area contributed by atoms with Gasteiger partial charge in [0.15, 0.2) is 0 Å². The maximum Gasteiger partial charge on any atom is 0.244 e. The number of halogens is 1. The predicted molar refractivity (Wildman–Crippen MR) is 137 cm³/mol. The van der Waals surface area contributed by atoms with Gasteiger partial charge in [0, 0.05) is 13.1 Å². The molecule has 7 nitrogen and oxygen atoms in total. The van der Waals surface area contributed by atoms with Gasteiger partial charge in [0.25, 0.3) is 0 Å². The minimum atomic E-state index is -3.81. The van der Waals surface area contributed by atoms with Gasteiger partial charge in [0.1, 0.15) is 12.6 Å². The van der Waals surface area contributed by atoms with E-state index in [0.717, 1.165) is 16.1 Å². The van der Waals surface area contributed by atoms with E-state index >= 15 is 0 Å². The van der Waals surface area contributed by atoms with Crippen LogP contribution in [0.15, 0.2) is 54.6 Å². The lowest BCUT2D eigenvalue weighted by Gasteiger charge is -2.33. The van der Waals surface area contributed by atoms with E-state index in [-0.39, 0.29) is 29.1 Å². The summed E-state index contributed by atoms with van der Waals surface area (Å²) in [6.45, 7) is 6.14. The zero-order chi connectivity index (χ0) is 25.3. The number of amides is 2. The quantitative estimate of drug-likeness (QED) is 0.474. The molecule has 0 bridgehead atoms. The minimum Gasteiger partial charge on any atom is -0.354 e. The summed E-state index contributed by atoms with van der Waals surface area (Å²) in [5.74, 6) is -0.454. The molecule has 2 amide bonds. The summed E-state index contributed by atoms with van der Waals surface area (Å²) in [4.78, 5) is 28.0. The van der Waals surface area contributed by atoms with Crippen LogP contribution < -0.4 is 9.62 Å². The molecule has 0 saturated heterocycles. The van der Waals surface area contributed by atoms with Crippen molar-refractivity contribution < 1.29 is 18.0 Å². The van der Waals surface area contributed by atoms with E-state index in [9.17, 15) is 18.0 Å². The highest BCUT2D eigenvalue weighted by Gasteiger charge is 2.31. The van der Waals surface area contributed by atoms with Crippen molar-refractivity contribution in [1.29, 1.82) is 0 Å². The largest absolute Gasteiger partial charge is 0.354 e. The molecule has 186 valence electrons. The highest BCUT2D eigenvalue weighted by molar-refractivity contribution is 7.92. The fourth-order valence-corrected chi connectivity index (χ4v) is 4.72. The van der Waals surface area contributed by atoms with Crippen molar-refractivity contribution >= 4 is 39.1 Å². The van der Waals surface area contributed by atoms with Crippen LogP contribution in [-0.4, -0.2) is 57.1 Å². The molecule has 0 aliphatic carbocycles. The second-order valence-corrected chi connectivity index (χ2v) is 10.9. The molecular weight excluding hydrogens is 474 g/mol. The molecule has 34 heavy (non-hydrogen) atoms. The van der Waals surface area contributed by atoms with Crippen molar-refractivity contribution in [2.45, 2.75) is 39.7 Å². The van der Waals surface area contributed by atoms with Crippen molar-refractivity contribution in [3.63, 3.8) is 0 Å². The number of carbonyl (C=O) groups excluding carboxylic acids is 2. The third-order valence-corrected chi connectivity index (χ3v) is 6.80. The van der Waals surface area contributed by atoms with Crippen molar-refractivity contribution in [1.82, 2.24) is 10.2 Å². The van der Waals surface area contributed by atoms with Gasteiger partial charge in [-0.1, -0.05) is 74.8 Å². The molecule has 0 saturated carbocycles. The van der Waals surface area contributed by atoms with Gasteiger partial charge in [-0.05, 0) is 36.5 Å². The average molecular weight is 508 g/mol. The Morgan fingerprint density at radius 3 is 2.21 bits per heavy atom. The van der Waals surface area contributed by atoms with Crippen LogP contribution in [0, 0.1) is 5.92 Å². The molecule has 2 aromatic rings. The van der Waals surface area contributed by atoms with E-state index < -0.39 is 28.5 Å². The molecule has 2 aromatic carbocycles. The van der Waals surface area contributed by atoms with Crippen molar-refractivity contribution in [2.24, 2.45) is 5.92 Å². The van der Waals surface area contributed by atoms with Gasteiger partial charge in [-0.3, -0.25) is 13.9 Å². The molecule has 0 aliphatic rings. The first-order valence-electron chi connectivity index (χ1n) is 11.4. The molecule has 0 fully saturated rings. The molecule has 0 spiro atoms. The van der Waals surface area contributed by atoms with Gasteiger partial charge < -0.3 is 10.2 Å². The number of rotatable bonds is 12. The van der Waals surface area contributed by atoms with Crippen LogP contribution in [0.4, 0.5) is 5.69 Å². The molecular formula is C25H34ClN3O4S. The van der Waals surface area contributed by atoms with E-state index in [0.29, 0.717) is 19.4 Å². The Morgan fingerprint density at radius 2 is 1.65 bits per heavy atom. The van der Waals surface area contributed by atoms with E-state index in [4.69, 9.17) is 11.6 Å². The number of anilines is 1. The Hall–Kier alpha value is -2.58. The minimum absolute atomic E-state index is 0.221. The van der Waals surface area contributed by atoms with Crippen LogP contribution in [0.2, 0.25) is 5.02 Å². The highest BCUT2D eigenvalue weighted by atomic mass is 35.5. The van der Waals surface area contributed by atoms with E-state index in [1.807, 2.05) is 51.1 Å². The third kappa shape index (κ3) is 8.02. The number of para-hydroxylation sites is 1. The van der Waals surface area contributed by atoms with Crippen molar-refractivity contribution in [3.05, 3.63) is 65.2 Å². The second-order valence-electron chi connectivity index (χ2n) is 8.61. The maximum absolute atomic E-state index is 13.5. The Morgan fingerprint density at radius 1 is 1.03 bits per heavy atom. The predicted octanol–water partition coefficient (Wildman–Crippen LogP) is 3.73. The Bertz CT molecular complexity index is 1060. The van der Waals surface area contributed by atoms with Gasteiger partial charge in [-0.15, -0.1) is 0 Å². The molecule has 0 radical (unpaired) electrons. The van der Waals surface area contributed by atoms with Gasteiger partial charge >= 0.3 is 0 Å². The third-order valence-electron chi connectivity index (χ3n) is 5.36. The number of nitrogens with one attached hydrogen (secondary N) is 1. The number of hydrogen-bond donors (Lipinski definition) is 1. The topological polar surface area (TPSA) is 86.8 Å². The molecule has 1 atom stereocenters. The van der Waals surface area contributed by atoms with Gasteiger partial charge in [0.05, 0.1) is 17.0 Å². The average Bonchev–Trinajstić information content (AvgIpc) is 2.79. The van der Waals surface area contributed by atoms with E-state index in [1.165, 1.54) is 4.90 Å². The van der Waals surface area contributed by atoms with Gasteiger partial charge in [-0.2, -0.15) is 0 Å². The lowest BCUT2D eigenvalue weighted by Crippen LogP contribution is -2.53. The van der Waals surface area contributed by atoms with E-state index in [1.54, 1.807) is 24.3 Å². The van der Waals surface area contributed by atoms with Gasteiger partial charge in [0.2, 0.25) is 21.8 Å². The van der Waals surface area contributed by atoms with Crippen molar-refractivity contribution in [2.75, 3.05) is 30.2 Å². The van der Waals surface area contributed by atoms with Crippen LogP contribution in [0.5, 0.6) is 0 Å². The molecule has 9 heteroatoms. The molecule has 0 aromatic heterocycles. The molecule has 0 aliphatic heterocycles. The summed E-state index contributed by atoms with van der Waals surface area (Å²) in [6.07, 6.45) is 1.96. The first kappa shape index (κ1) is 27.7. The zero-order valence-corrected chi connectivity index (χ0v) is 21.8. The van der Waals surface area contributed by atoms with Crippen molar-refractivity contribution in [3.8, 4) is 0 Å². The summed E-state index contributed by atoms with van der Waals surface area (Å²) in [6, 6.07) is 15.4. The fourth-order valence-electron chi connectivity index (χ4n) is 3.57. The lowest BCUT2D eigenvalue weighted by molar-refractivity contribution is -0.139. The zero-order valence-electron chi connectivity index (χ0n) is 20.2. The molecule has 1 N–H and O–H groups in total. The Labute approximate surface area is 208 Å². The van der Waals surface area contributed by atoms with Crippen LogP contribution in [-0.2, 0) is 26.0 Å². The highest BCUT2D eigenvalue weighted by Crippen LogP contribution is 2.27. The Kier molecular flexibility index (Phi) is 10.4. The fraction of sp³-hybridized carbons (Fsp3) is 0.440. The van der Waals surface area contributed by atoms with Gasteiger partial charge in [-0.25, -0.2) is 8.42 Å².